The Labute approximate surface area is 442 Å². The van der Waals surface area contributed by atoms with E-state index in [0.717, 1.165) is 17.5 Å². The Balaban J connectivity index is 1.69. The van der Waals surface area contributed by atoms with Gasteiger partial charge in [0.2, 0.25) is 23.6 Å². The Bertz CT molecular complexity index is 2130. The summed E-state index contributed by atoms with van der Waals surface area (Å²) in [4.78, 5) is 101. The first-order valence-corrected chi connectivity index (χ1v) is 26.8. The summed E-state index contributed by atoms with van der Waals surface area (Å²) in [5.41, 5.74) is 2.16. The largest absolute Gasteiger partial charge is 0.445 e. The summed E-state index contributed by atoms with van der Waals surface area (Å²) in [6.45, 7) is 22.8. The first-order chi connectivity index (χ1) is 34.8. The van der Waals surface area contributed by atoms with Crippen LogP contribution >= 0.6 is 0 Å². The van der Waals surface area contributed by atoms with Crippen LogP contribution in [-0.4, -0.2) is 138 Å². The number of Topliss-reactive ketones (excluding diaryl/α,β-unsaturated/α-hetero) is 2. The third-order valence-electron chi connectivity index (χ3n) is 15.4. The number of carbonyl (C=O) groups is 7. The van der Waals surface area contributed by atoms with E-state index in [0.29, 0.717) is 24.9 Å². The Morgan fingerprint density at radius 1 is 0.703 bits per heavy atom. The van der Waals surface area contributed by atoms with E-state index in [1.165, 1.54) is 19.1 Å². The summed E-state index contributed by atoms with van der Waals surface area (Å²) in [6.07, 6.45) is -0.574. The molecule has 2 aromatic carbocycles. The molecule has 2 aromatic rings. The van der Waals surface area contributed by atoms with Crippen LogP contribution in [0.25, 0.3) is 0 Å². The van der Waals surface area contributed by atoms with Gasteiger partial charge in [-0.1, -0.05) is 137 Å². The lowest BCUT2D eigenvalue weighted by Crippen LogP contribution is -2.60. The van der Waals surface area contributed by atoms with E-state index in [1.54, 1.807) is 69.0 Å². The summed E-state index contributed by atoms with van der Waals surface area (Å²) in [7, 11) is 6.24. The lowest BCUT2D eigenvalue weighted by Gasteiger charge is -2.41. The zero-order valence-corrected chi connectivity index (χ0v) is 47.4. The first-order valence-electron chi connectivity index (χ1n) is 26.8. The van der Waals surface area contributed by atoms with Crippen LogP contribution in [0, 0.1) is 41.4 Å². The van der Waals surface area contributed by atoms with Crippen LogP contribution in [0.3, 0.4) is 0 Å². The van der Waals surface area contributed by atoms with Crippen molar-refractivity contribution in [2.45, 2.75) is 177 Å². The van der Waals surface area contributed by atoms with Gasteiger partial charge in [0.25, 0.3) is 0 Å². The third kappa shape index (κ3) is 17.2. The number of likely N-dealkylation sites (N-methyl/N-ethyl adjacent to an activating group) is 2. The number of ketones is 2. The van der Waals surface area contributed by atoms with Gasteiger partial charge in [0, 0.05) is 59.5 Å². The lowest BCUT2D eigenvalue weighted by molar-refractivity contribution is -0.148. The molecule has 16 heteroatoms. The average Bonchev–Trinajstić information content (AvgIpc) is 3.86. The fraction of sp³-hybridized carbons (Fsp3) is 0.672. The minimum Gasteiger partial charge on any atom is -0.445 e. The molecule has 0 spiro atoms. The second-order valence-corrected chi connectivity index (χ2v) is 21.9. The number of benzene rings is 2. The molecule has 0 aliphatic carbocycles. The number of amides is 5. The molecule has 0 bridgehead atoms. The maximum atomic E-state index is 14.7. The zero-order chi connectivity index (χ0) is 55.7. The predicted octanol–water partition coefficient (Wildman–Crippen LogP) is 7.58. The number of carbonyl (C=O) groups excluding carboxylic acids is 7. The molecule has 3 N–H and O–H groups in total. The van der Waals surface area contributed by atoms with E-state index < -0.39 is 60.4 Å². The standard InChI is InChI=1S/C58H91N5O11/c1-17-37(8)52(48(72-15)32-49(66)63-29-21-24-45(63)54(73-16)40(11)46(64)30-38(9)53(67)44-22-19-18-20-23-44)61(13)57(70)50(35(4)5)60-56(69)51(36(6)7)62(14)58(71)74-33-43-27-25-42(26-28-43)31-47(65)41(12)59-55(68)39(10)34(2)3/h18-20,22-23,25-28,34-41,45,48,50-54,67H,17,21,24,29-33H2,1-16H3,(H,59,68)(H,60,69)/t37-,38-,39-,40-,41-,45-,48+,50-,51-,52-,53+,54+/m0/s1. The van der Waals surface area contributed by atoms with Crippen molar-refractivity contribution in [1.29, 1.82) is 0 Å². The highest BCUT2D eigenvalue weighted by molar-refractivity contribution is 5.92. The number of hydrogen-bond donors (Lipinski definition) is 3. The number of rotatable bonds is 29. The molecule has 3 rings (SSSR count). The van der Waals surface area contributed by atoms with E-state index in [4.69, 9.17) is 14.2 Å². The number of aliphatic hydroxyl groups excluding tert-OH is 1. The van der Waals surface area contributed by atoms with Gasteiger partial charge < -0.3 is 39.8 Å². The molecule has 12 atom stereocenters. The molecule has 1 saturated heterocycles. The average molecular weight is 1030 g/mol. The topological polar surface area (TPSA) is 201 Å². The van der Waals surface area contributed by atoms with E-state index in [2.05, 4.69) is 10.6 Å². The SMILES string of the molecule is CC[C@H](C)[C@@H]([C@@H](CC(=O)N1CCC[C@H]1[C@H](OC)[C@@H](C)C(=O)C[C@H](C)[C@@H](O)c1ccccc1)OC)N(C)C(=O)[C@@H](NC(=O)[C@H](C(C)C)N(C)C(=O)OCc1ccc(CC(=O)[C@H](C)NC(=O)[C@@H](C)C(C)C)cc1)C(C)C. The molecule has 16 nitrogen and oxygen atoms in total. The highest BCUT2D eigenvalue weighted by Crippen LogP contribution is 2.32. The molecule has 1 aliphatic rings. The van der Waals surface area contributed by atoms with Crippen molar-refractivity contribution in [3.05, 3.63) is 71.3 Å². The zero-order valence-electron chi connectivity index (χ0n) is 47.4. The van der Waals surface area contributed by atoms with Crippen LogP contribution in [0.15, 0.2) is 54.6 Å². The highest BCUT2D eigenvalue weighted by atomic mass is 16.6. The molecular weight excluding hydrogens is 943 g/mol. The van der Waals surface area contributed by atoms with Crippen LogP contribution in [0.5, 0.6) is 0 Å². The summed E-state index contributed by atoms with van der Waals surface area (Å²) in [5, 5.41) is 16.8. The molecule has 0 unspecified atom stereocenters. The van der Waals surface area contributed by atoms with Crippen LogP contribution in [0.2, 0.25) is 0 Å². The Kier molecular flexibility index (Phi) is 25.4. The number of methoxy groups -OCH3 is 2. The molecule has 1 heterocycles. The Hall–Kier alpha value is -5.19. The Morgan fingerprint density at radius 3 is 1.85 bits per heavy atom. The number of aliphatic hydroxyl groups is 1. The van der Waals surface area contributed by atoms with Crippen molar-refractivity contribution >= 4 is 41.3 Å². The number of likely N-dealkylation sites (tertiary alicyclic amines) is 1. The first kappa shape index (κ1) is 63.1. The number of nitrogens with one attached hydrogen (secondary N) is 2. The number of hydrogen-bond acceptors (Lipinski definition) is 11. The lowest BCUT2D eigenvalue weighted by atomic mass is 9.85. The molecule has 1 aliphatic heterocycles. The van der Waals surface area contributed by atoms with Gasteiger partial charge in [-0.15, -0.1) is 0 Å². The van der Waals surface area contributed by atoms with Gasteiger partial charge in [0.05, 0.1) is 42.9 Å². The summed E-state index contributed by atoms with van der Waals surface area (Å²) < 4.78 is 17.7. The minimum atomic E-state index is -0.998. The monoisotopic (exact) mass is 1030 g/mol. The summed E-state index contributed by atoms with van der Waals surface area (Å²) >= 11 is 0. The van der Waals surface area contributed by atoms with Crippen molar-refractivity contribution in [2.24, 2.45) is 41.4 Å². The van der Waals surface area contributed by atoms with Crippen LogP contribution in [0.1, 0.15) is 138 Å². The van der Waals surface area contributed by atoms with Gasteiger partial charge in [-0.25, -0.2) is 4.79 Å². The Morgan fingerprint density at radius 2 is 1.31 bits per heavy atom. The van der Waals surface area contributed by atoms with E-state index in [9.17, 15) is 38.7 Å². The minimum absolute atomic E-state index is 0.0399. The van der Waals surface area contributed by atoms with E-state index >= 15 is 0 Å². The van der Waals surface area contributed by atoms with Crippen molar-refractivity contribution in [1.82, 2.24) is 25.3 Å². The second kappa shape index (κ2) is 29.8. The van der Waals surface area contributed by atoms with Crippen molar-refractivity contribution in [3.8, 4) is 0 Å². The molecule has 0 radical (unpaired) electrons. The van der Waals surface area contributed by atoms with Crippen LogP contribution in [-0.2, 0) is 56.0 Å². The third-order valence-corrected chi connectivity index (χ3v) is 15.4. The highest BCUT2D eigenvalue weighted by Gasteiger charge is 2.44. The number of nitrogens with zero attached hydrogens (tertiary/aromatic N) is 3. The van der Waals surface area contributed by atoms with Crippen LogP contribution < -0.4 is 10.6 Å². The van der Waals surface area contributed by atoms with E-state index in [1.807, 2.05) is 92.6 Å². The van der Waals surface area contributed by atoms with Crippen molar-refractivity contribution in [3.63, 3.8) is 0 Å². The van der Waals surface area contributed by atoms with Crippen LogP contribution in [0.4, 0.5) is 4.79 Å². The molecule has 1 fully saturated rings. The molecule has 414 valence electrons. The number of ether oxygens (including phenoxy) is 3. The maximum Gasteiger partial charge on any atom is 0.410 e. The fourth-order valence-corrected chi connectivity index (χ4v) is 10.0. The fourth-order valence-electron chi connectivity index (χ4n) is 10.0. The van der Waals surface area contributed by atoms with Crippen molar-refractivity contribution < 1.29 is 52.9 Å². The molecule has 74 heavy (non-hydrogen) atoms. The normalized spacial score (nSPS) is 18.3. The van der Waals surface area contributed by atoms with E-state index in [-0.39, 0.29) is 96.7 Å². The van der Waals surface area contributed by atoms with Gasteiger partial charge in [-0.05, 0) is 66.0 Å². The quantitative estimate of drug-likeness (QED) is 0.0726. The molecule has 5 amide bonds. The van der Waals surface area contributed by atoms with Gasteiger partial charge in [-0.2, -0.15) is 0 Å². The van der Waals surface area contributed by atoms with Gasteiger partial charge in [0.1, 0.15) is 24.5 Å². The summed E-state index contributed by atoms with van der Waals surface area (Å²) in [6, 6.07) is 12.8. The van der Waals surface area contributed by atoms with Gasteiger partial charge >= 0.3 is 6.09 Å². The maximum absolute atomic E-state index is 14.7. The molecule has 0 aromatic heterocycles. The van der Waals surface area contributed by atoms with Gasteiger partial charge in [-0.3, -0.25) is 33.7 Å². The van der Waals surface area contributed by atoms with Gasteiger partial charge in [0.15, 0.2) is 5.78 Å². The molecule has 0 saturated carbocycles. The summed E-state index contributed by atoms with van der Waals surface area (Å²) in [5.74, 6) is -3.23. The molecular formula is C58H91N5O11. The predicted molar refractivity (Wildman–Crippen MR) is 286 cm³/mol. The van der Waals surface area contributed by atoms with Crippen molar-refractivity contribution in [2.75, 3.05) is 34.9 Å². The smallest absolute Gasteiger partial charge is 0.410 e. The second-order valence-electron chi connectivity index (χ2n) is 21.9.